The standard InChI is InChI=1S/C23H29NO3Si/c1-6-15-27-21-13-9-18(16-22(21)26-2)10-14-23(25)24-17-19-7-11-20(12-8-19)28(3,4)5/h1,7-9,11-13,16H,10,14-15,17H2,2-5H3,(H,24,25). The first-order valence-corrected chi connectivity index (χ1v) is 12.9. The molecule has 0 atom stereocenters. The SMILES string of the molecule is C#CCOc1ccc(CCC(=O)NCc2ccc([Si](C)(C)C)cc2)cc1OC. The molecule has 2 rings (SSSR count). The molecule has 0 spiro atoms. The lowest BCUT2D eigenvalue weighted by molar-refractivity contribution is -0.121. The van der Waals surface area contributed by atoms with Gasteiger partial charge in [-0.15, -0.1) is 6.42 Å². The highest BCUT2D eigenvalue weighted by molar-refractivity contribution is 6.88. The fourth-order valence-corrected chi connectivity index (χ4v) is 3.94. The summed E-state index contributed by atoms with van der Waals surface area (Å²) in [5.41, 5.74) is 2.13. The number of hydrogen-bond donors (Lipinski definition) is 1. The average Bonchev–Trinajstić information content (AvgIpc) is 2.69. The number of aryl methyl sites for hydroxylation is 1. The second-order valence-corrected chi connectivity index (χ2v) is 12.8. The van der Waals surface area contributed by atoms with Gasteiger partial charge < -0.3 is 14.8 Å². The minimum Gasteiger partial charge on any atom is -0.493 e. The fraction of sp³-hybridized carbons (Fsp3) is 0.348. The molecule has 2 aromatic rings. The summed E-state index contributed by atoms with van der Waals surface area (Å²) < 4.78 is 10.8. The van der Waals surface area contributed by atoms with Crippen molar-refractivity contribution in [3.63, 3.8) is 0 Å². The average molecular weight is 396 g/mol. The molecule has 0 saturated carbocycles. The van der Waals surface area contributed by atoms with E-state index in [9.17, 15) is 4.79 Å². The zero-order chi connectivity index (χ0) is 20.6. The minimum absolute atomic E-state index is 0.0286. The Morgan fingerprint density at radius 1 is 1.07 bits per heavy atom. The first-order chi connectivity index (χ1) is 13.3. The van der Waals surface area contributed by atoms with Gasteiger partial charge in [-0.3, -0.25) is 4.79 Å². The van der Waals surface area contributed by atoms with Gasteiger partial charge >= 0.3 is 0 Å². The van der Waals surface area contributed by atoms with Gasteiger partial charge in [0.2, 0.25) is 5.91 Å². The van der Waals surface area contributed by atoms with Gasteiger partial charge in [0.1, 0.15) is 6.61 Å². The number of carbonyl (C=O) groups is 1. The highest BCUT2D eigenvalue weighted by atomic mass is 28.3. The van der Waals surface area contributed by atoms with Crippen molar-refractivity contribution in [2.24, 2.45) is 0 Å². The molecule has 0 unspecified atom stereocenters. The highest BCUT2D eigenvalue weighted by Gasteiger charge is 2.15. The summed E-state index contributed by atoms with van der Waals surface area (Å²) in [6, 6.07) is 14.2. The van der Waals surface area contributed by atoms with Crippen LogP contribution in [0.2, 0.25) is 19.6 Å². The molecule has 0 fully saturated rings. The smallest absolute Gasteiger partial charge is 0.220 e. The maximum absolute atomic E-state index is 12.2. The van der Waals surface area contributed by atoms with Crippen molar-refractivity contribution in [3.8, 4) is 23.8 Å². The molecule has 0 radical (unpaired) electrons. The summed E-state index contributed by atoms with van der Waals surface area (Å²) in [6.45, 7) is 7.72. The van der Waals surface area contributed by atoms with Crippen LogP contribution in [0.5, 0.6) is 11.5 Å². The molecule has 0 aliphatic carbocycles. The van der Waals surface area contributed by atoms with Crippen molar-refractivity contribution >= 4 is 19.2 Å². The van der Waals surface area contributed by atoms with Crippen molar-refractivity contribution in [3.05, 3.63) is 53.6 Å². The number of methoxy groups -OCH3 is 1. The van der Waals surface area contributed by atoms with Crippen molar-refractivity contribution in [1.82, 2.24) is 5.32 Å². The van der Waals surface area contributed by atoms with Gasteiger partial charge in [-0.25, -0.2) is 0 Å². The molecule has 0 bridgehead atoms. The maximum Gasteiger partial charge on any atom is 0.220 e. The second-order valence-electron chi connectivity index (χ2n) is 7.70. The van der Waals surface area contributed by atoms with Crippen LogP contribution in [0, 0.1) is 12.3 Å². The monoisotopic (exact) mass is 395 g/mol. The van der Waals surface area contributed by atoms with Crippen molar-refractivity contribution in [2.45, 2.75) is 39.0 Å². The molecule has 0 saturated heterocycles. The first kappa shape index (κ1) is 21.6. The third-order valence-corrected chi connectivity index (χ3v) is 6.55. The third kappa shape index (κ3) is 6.47. The van der Waals surface area contributed by atoms with Crippen LogP contribution in [0.1, 0.15) is 17.5 Å². The number of benzene rings is 2. The number of amides is 1. The van der Waals surface area contributed by atoms with Crippen molar-refractivity contribution < 1.29 is 14.3 Å². The summed E-state index contributed by atoms with van der Waals surface area (Å²) in [6.07, 6.45) is 6.27. The fourth-order valence-electron chi connectivity index (χ4n) is 2.78. The van der Waals surface area contributed by atoms with Gasteiger partial charge in [-0.05, 0) is 29.7 Å². The van der Waals surface area contributed by atoms with E-state index in [0.717, 1.165) is 11.1 Å². The molecule has 4 nitrogen and oxygen atoms in total. The van der Waals surface area contributed by atoms with Crippen LogP contribution in [0.3, 0.4) is 0 Å². The molecular weight excluding hydrogens is 366 g/mol. The Bertz CT molecular complexity index is 832. The van der Waals surface area contributed by atoms with Gasteiger partial charge in [0.15, 0.2) is 11.5 Å². The van der Waals surface area contributed by atoms with Gasteiger partial charge in [-0.1, -0.05) is 61.1 Å². The van der Waals surface area contributed by atoms with E-state index in [4.69, 9.17) is 15.9 Å². The summed E-state index contributed by atoms with van der Waals surface area (Å²) in [4.78, 5) is 12.2. The van der Waals surface area contributed by atoms with Gasteiger partial charge in [0.05, 0.1) is 15.2 Å². The van der Waals surface area contributed by atoms with E-state index in [-0.39, 0.29) is 12.5 Å². The summed E-state index contributed by atoms with van der Waals surface area (Å²) in [5.74, 6) is 3.69. The normalized spacial score (nSPS) is 10.8. The number of hydrogen-bond acceptors (Lipinski definition) is 3. The topological polar surface area (TPSA) is 47.6 Å². The molecule has 28 heavy (non-hydrogen) atoms. The van der Waals surface area contributed by atoms with Crippen LogP contribution < -0.4 is 20.0 Å². The largest absolute Gasteiger partial charge is 0.493 e. The van der Waals surface area contributed by atoms with Crippen LogP contribution in [0.4, 0.5) is 0 Å². The minimum atomic E-state index is -1.29. The van der Waals surface area contributed by atoms with Crippen LogP contribution in [-0.2, 0) is 17.8 Å². The third-order valence-electron chi connectivity index (χ3n) is 4.49. The van der Waals surface area contributed by atoms with Gasteiger partial charge in [0, 0.05) is 13.0 Å². The Hall–Kier alpha value is -2.71. The molecule has 1 amide bonds. The predicted octanol–water partition coefficient (Wildman–Crippen LogP) is 3.50. The van der Waals surface area contributed by atoms with E-state index in [2.05, 4.69) is 55.1 Å². The summed E-state index contributed by atoms with van der Waals surface area (Å²) in [5, 5.41) is 4.41. The van der Waals surface area contributed by atoms with Crippen LogP contribution in [0.25, 0.3) is 0 Å². The number of rotatable bonds is 9. The first-order valence-electron chi connectivity index (χ1n) is 9.43. The Morgan fingerprint density at radius 3 is 2.36 bits per heavy atom. The van der Waals surface area contributed by atoms with Crippen molar-refractivity contribution in [1.29, 1.82) is 0 Å². The zero-order valence-electron chi connectivity index (χ0n) is 17.2. The van der Waals surface area contributed by atoms with Crippen LogP contribution >= 0.6 is 0 Å². The lowest BCUT2D eigenvalue weighted by Gasteiger charge is -2.16. The lowest BCUT2D eigenvalue weighted by Crippen LogP contribution is -2.37. The molecule has 0 heterocycles. The van der Waals surface area contributed by atoms with E-state index in [1.54, 1.807) is 7.11 Å². The molecule has 5 heteroatoms. The zero-order valence-corrected chi connectivity index (χ0v) is 18.2. The van der Waals surface area contributed by atoms with E-state index >= 15 is 0 Å². The molecule has 148 valence electrons. The summed E-state index contributed by atoms with van der Waals surface area (Å²) in [7, 11) is 0.298. The van der Waals surface area contributed by atoms with E-state index in [1.807, 2.05) is 18.2 Å². The second kappa shape index (κ2) is 10.0. The Balaban J connectivity index is 1.84. The lowest BCUT2D eigenvalue weighted by atomic mass is 10.1. The van der Waals surface area contributed by atoms with E-state index in [1.165, 1.54) is 5.19 Å². The quantitative estimate of drug-likeness (QED) is 0.522. The molecule has 0 aliphatic rings. The predicted molar refractivity (Wildman–Crippen MR) is 117 cm³/mol. The summed E-state index contributed by atoms with van der Waals surface area (Å²) >= 11 is 0. The Labute approximate surface area is 169 Å². The van der Waals surface area contributed by atoms with E-state index < -0.39 is 8.07 Å². The Morgan fingerprint density at radius 2 is 1.75 bits per heavy atom. The molecular formula is C23H29NO3Si. The van der Waals surface area contributed by atoms with Gasteiger partial charge in [-0.2, -0.15) is 0 Å². The molecule has 1 N–H and O–H groups in total. The number of terminal acetylenes is 1. The van der Waals surface area contributed by atoms with E-state index in [0.29, 0.717) is 30.9 Å². The molecule has 0 aromatic heterocycles. The van der Waals surface area contributed by atoms with Crippen LogP contribution in [0.15, 0.2) is 42.5 Å². The van der Waals surface area contributed by atoms with Gasteiger partial charge in [0.25, 0.3) is 0 Å². The number of ether oxygens (including phenoxy) is 2. The number of carbonyl (C=O) groups excluding carboxylic acids is 1. The van der Waals surface area contributed by atoms with Crippen molar-refractivity contribution in [2.75, 3.05) is 13.7 Å². The maximum atomic E-state index is 12.2. The Kier molecular flexibility index (Phi) is 7.71. The number of nitrogens with one attached hydrogen (secondary N) is 1. The molecule has 0 aliphatic heterocycles. The molecule has 2 aromatic carbocycles. The highest BCUT2D eigenvalue weighted by Crippen LogP contribution is 2.28. The van der Waals surface area contributed by atoms with Crippen LogP contribution in [-0.4, -0.2) is 27.7 Å².